The Labute approximate surface area is 155 Å². The summed E-state index contributed by atoms with van der Waals surface area (Å²) in [5.74, 6) is 0.0294. The summed E-state index contributed by atoms with van der Waals surface area (Å²) in [6.07, 6.45) is 5.83. The van der Waals surface area contributed by atoms with E-state index in [9.17, 15) is 9.59 Å². The molecule has 4 rings (SSSR count). The van der Waals surface area contributed by atoms with Gasteiger partial charge in [0, 0.05) is 43.2 Å². The Hall–Kier alpha value is -1.88. The van der Waals surface area contributed by atoms with E-state index in [-0.39, 0.29) is 17.7 Å². The minimum Gasteiger partial charge on any atom is -0.366 e. The van der Waals surface area contributed by atoms with Crippen molar-refractivity contribution >= 4 is 11.8 Å². The maximum Gasteiger partial charge on any atom is 0.248 e. The van der Waals surface area contributed by atoms with Crippen molar-refractivity contribution in [2.75, 3.05) is 19.6 Å². The number of carbonyl (C=O) groups is 2. The minimum atomic E-state index is -0.403. The second-order valence-corrected chi connectivity index (χ2v) is 8.07. The molecule has 2 amide bonds. The van der Waals surface area contributed by atoms with Crippen LogP contribution in [-0.2, 0) is 4.79 Å². The first-order valence-corrected chi connectivity index (χ1v) is 10.0. The molecular weight excluding hydrogens is 326 g/mol. The fraction of sp³-hybridized carbons (Fsp3) is 0.619. The summed E-state index contributed by atoms with van der Waals surface area (Å²) in [6, 6.07) is 8.54. The predicted molar refractivity (Wildman–Crippen MR) is 101 cm³/mol. The van der Waals surface area contributed by atoms with Gasteiger partial charge in [-0.3, -0.25) is 14.5 Å². The third-order valence-electron chi connectivity index (χ3n) is 6.59. The Morgan fingerprint density at radius 1 is 1.19 bits per heavy atom. The first-order valence-electron chi connectivity index (χ1n) is 10.0. The molecule has 26 heavy (non-hydrogen) atoms. The van der Waals surface area contributed by atoms with Gasteiger partial charge in [0.05, 0.1) is 0 Å². The smallest absolute Gasteiger partial charge is 0.248 e. The molecule has 3 atom stereocenters. The molecule has 3 fully saturated rings. The Balaban J connectivity index is 1.43. The van der Waals surface area contributed by atoms with E-state index in [0.29, 0.717) is 11.6 Å². The Kier molecular flexibility index (Phi) is 4.74. The highest BCUT2D eigenvalue weighted by Gasteiger charge is 2.48. The summed E-state index contributed by atoms with van der Waals surface area (Å²) in [7, 11) is 0. The summed E-state index contributed by atoms with van der Waals surface area (Å²) < 4.78 is 0. The van der Waals surface area contributed by atoms with E-state index in [1.54, 1.807) is 6.07 Å². The number of rotatable bonds is 5. The zero-order valence-corrected chi connectivity index (χ0v) is 15.6. The van der Waals surface area contributed by atoms with Gasteiger partial charge < -0.3 is 10.6 Å². The van der Waals surface area contributed by atoms with Crippen LogP contribution < -0.4 is 5.73 Å². The Morgan fingerprint density at radius 2 is 1.96 bits per heavy atom. The molecule has 2 saturated carbocycles. The van der Waals surface area contributed by atoms with Crippen molar-refractivity contribution in [3.63, 3.8) is 0 Å². The molecule has 140 valence electrons. The predicted octanol–water partition coefficient (Wildman–Crippen LogP) is 2.36. The lowest BCUT2D eigenvalue weighted by Crippen LogP contribution is -2.58. The van der Waals surface area contributed by atoms with Crippen molar-refractivity contribution in [2.45, 2.75) is 57.0 Å². The van der Waals surface area contributed by atoms with Crippen LogP contribution in [0.4, 0.5) is 0 Å². The number of hydrogen-bond acceptors (Lipinski definition) is 3. The highest BCUT2D eigenvalue weighted by molar-refractivity contribution is 5.95. The number of amides is 2. The van der Waals surface area contributed by atoms with Gasteiger partial charge in [0.25, 0.3) is 0 Å². The molecule has 1 aromatic rings. The van der Waals surface area contributed by atoms with Gasteiger partial charge in [0.2, 0.25) is 11.8 Å². The lowest BCUT2D eigenvalue weighted by Gasteiger charge is -2.47. The third-order valence-corrected chi connectivity index (χ3v) is 6.59. The lowest BCUT2D eigenvalue weighted by atomic mass is 9.90. The highest BCUT2D eigenvalue weighted by Crippen LogP contribution is 2.50. The molecule has 0 radical (unpaired) electrons. The van der Waals surface area contributed by atoms with Crippen LogP contribution in [0.3, 0.4) is 0 Å². The minimum absolute atomic E-state index is 0.0137. The van der Waals surface area contributed by atoms with E-state index >= 15 is 0 Å². The summed E-state index contributed by atoms with van der Waals surface area (Å²) in [6.45, 7) is 5.04. The van der Waals surface area contributed by atoms with Crippen LogP contribution in [0.1, 0.15) is 60.9 Å². The molecule has 0 aromatic heterocycles. The van der Waals surface area contributed by atoms with E-state index < -0.39 is 5.91 Å². The molecule has 2 aliphatic carbocycles. The number of nitrogens with two attached hydrogens (primary N) is 1. The number of benzene rings is 1. The summed E-state index contributed by atoms with van der Waals surface area (Å²) >= 11 is 0. The molecule has 1 aromatic carbocycles. The van der Waals surface area contributed by atoms with Crippen LogP contribution in [0.2, 0.25) is 0 Å². The molecule has 3 aliphatic rings. The van der Waals surface area contributed by atoms with Crippen LogP contribution in [0, 0.1) is 5.92 Å². The lowest BCUT2D eigenvalue weighted by molar-refractivity contribution is -0.138. The standard InChI is InChI=1S/C21H29N3O2/c1-2-14-13-23(15-6-5-7-15)10-11-24(14)21(26)19-12-18(19)16-8-3-4-9-17(16)20(22)25/h3-4,8-9,14-15,18-19H,2,5-7,10-13H2,1H3,(H2,22,25)/t14-,18+,19-/m1/s1. The van der Waals surface area contributed by atoms with Crippen molar-refractivity contribution < 1.29 is 9.59 Å². The molecule has 0 bridgehead atoms. The van der Waals surface area contributed by atoms with Gasteiger partial charge in [-0.1, -0.05) is 31.5 Å². The number of primary amides is 1. The summed E-state index contributed by atoms with van der Waals surface area (Å²) in [5.41, 5.74) is 7.02. The first-order chi connectivity index (χ1) is 12.6. The first kappa shape index (κ1) is 17.5. The van der Waals surface area contributed by atoms with E-state index in [2.05, 4.69) is 16.7 Å². The summed E-state index contributed by atoms with van der Waals surface area (Å²) in [4.78, 5) is 29.5. The van der Waals surface area contributed by atoms with Crippen LogP contribution in [0.5, 0.6) is 0 Å². The molecule has 1 aliphatic heterocycles. The van der Waals surface area contributed by atoms with Gasteiger partial charge in [-0.15, -0.1) is 0 Å². The zero-order chi connectivity index (χ0) is 18.3. The van der Waals surface area contributed by atoms with Crippen molar-refractivity contribution in [1.82, 2.24) is 9.80 Å². The van der Waals surface area contributed by atoms with Crippen LogP contribution in [-0.4, -0.2) is 53.3 Å². The maximum atomic E-state index is 13.1. The molecule has 2 N–H and O–H groups in total. The monoisotopic (exact) mass is 355 g/mol. The zero-order valence-electron chi connectivity index (χ0n) is 15.6. The number of carbonyl (C=O) groups excluding carboxylic acids is 2. The van der Waals surface area contributed by atoms with Gasteiger partial charge in [-0.25, -0.2) is 0 Å². The number of hydrogen-bond donors (Lipinski definition) is 1. The second-order valence-electron chi connectivity index (χ2n) is 8.07. The number of nitrogens with zero attached hydrogens (tertiary/aromatic N) is 2. The normalized spacial score (nSPS) is 29.3. The fourth-order valence-corrected chi connectivity index (χ4v) is 4.67. The highest BCUT2D eigenvalue weighted by atomic mass is 16.2. The Bertz CT molecular complexity index is 700. The van der Waals surface area contributed by atoms with Crippen molar-refractivity contribution in [3.05, 3.63) is 35.4 Å². The molecule has 1 heterocycles. The topological polar surface area (TPSA) is 66.6 Å². The van der Waals surface area contributed by atoms with Crippen molar-refractivity contribution in [2.24, 2.45) is 11.7 Å². The van der Waals surface area contributed by atoms with Gasteiger partial charge in [0.1, 0.15) is 0 Å². The van der Waals surface area contributed by atoms with Crippen LogP contribution >= 0.6 is 0 Å². The molecule has 5 heteroatoms. The molecule has 0 unspecified atom stereocenters. The fourth-order valence-electron chi connectivity index (χ4n) is 4.67. The molecular formula is C21H29N3O2. The van der Waals surface area contributed by atoms with Crippen molar-refractivity contribution in [3.8, 4) is 0 Å². The molecule has 0 spiro atoms. The van der Waals surface area contributed by atoms with Crippen LogP contribution in [0.15, 0.2) is 24.3 Å². The van der Waals surface area contributed by atoms with E-state index in [1.165, 1.54) is 19.3 Å². The van der Waals surface area contributed by atoms with E-state index in [4.69, 9.17) is 5.73 Å². The average Bonchev–Trinajstić information content (AvgIpc) is 3.40. The molecule has 1 saturated heterocycles. The Morgan fingerprint density at radius 3 is 2.62 bits per heavy atom. The number of piperazine rings is 1. The molecule has 5 nitrogen and oxygen atoms in total. The third kappa shape index (κ3) is 3.13. The van der Waals surface area contributed by atoms with Gasteiger partial charge in [0.15, 0.2) is 0 Å². The van der Waals surface area contributed by atoms with Crippen LogP contribution in [0.25, 0.3) is 0 Å². The van der Waals surface area contributed by atoms with Gasteiger partial charge >= 0.3 is 0 Å². The van der Waals surface area contributed by atoms with Gasteiger partial charge in [-0.2, -0.15) is 0 Å². The van der Waals surface area contributed by atoms with Gasteiger partial charge in [-0.05, 0) is 43.2 Å². The second kappa shape index (κ2) is 7.03. The largest absolute Gasteiger partial charge is 0.366 e. The van der Waals surface area contributed by atoms with E-state index in [1.807, 2.05) is 18.2 Å². The average molecular weight is 355 g/mol. The SMILES string of the molecule is CC[C@@H]1CN(C2CCC2)CCN1C(=O)[C@@H]1C[C@H]1c1ccccc1C(N)=O. The van der Waals surface area contributed by atoms with Crippen molar-refractivity contribution in [1.29, 1.82) is 0 Å². The quantitative estimate of drug-likeness (QED) is 0.882. The van der Waals surface area contributed by atoms with E-state index in [0.717, 1.165) is 44.1 Å². The summed E-state index contributed by atoms with van der Waals surface area (Å²) in [5, 5.41) is 0. The maximum absolute atomic E-state index is 13.1.